The van der Waals surface area contributed by atoms with Crippen LogP contribution in [0.3, 0.4) is 0 Å². The van der Waals surface area contributed by atoms with Gasteiger partial charge in [0.05, 0.1) is 6.54 Å². The average Bonchev–Trinajstić information content (AvgIpc) is 3.23. The summed E-state index contributed by atoms with van der Waals surface area (Å²) in [6, 6.07) is 12.2. The molecule has 24 heavy (non-hydrogen) atoms. The molecule has 5 nitrogen and oxygen atoms in total. The predicted molar refractivity (Wildman–Crippen MR) is 95.0 cm³/mol. The predicted octanol–water partition coefficient (Wildman–Crippen LogP) is 3.21. The van der Waals surface area contributed by atoms with E-state index in [-0.39, 0.29) is 5.91 Å². The molecule has 1 aromatic carbocycles. The number of hydrogen-bond acceptors (Lipinski definition) is 4. The first-order valence-electron chi connectivity index (χ1n) is 7.98. The first kappa shape index (κ1) is 16.4. The van der Waals surface area contributed by atoms with Crippen LogP contribution in [0.4, 0.5) is 0 Å². The zero-order valence-corrected chi connectivity index (χ0v) is 14.4. The fraction of sp³-hybridized carbons (Fsp3) is 0.278. The molecule has 0 unspecified atom stereocenters. The third-order valence-corrected chi connectivity index (χ3v) is 4.47. The number of amides is 1. The molecular formula is C18H20N4OS. The molecule has 0 fully saturated rings. The second-order valence-corrected chi connectivity index (χ2v) is 6.64. The number of aromatic nitrogens is 3. The van der Waals surface area contributed by atoms with Gasteiger partial charge >= 0.3 is 0 Å². The Hall–Kier alpha value is -2.47. The number of imidazole rings is 1. The van der Waals surface area contributed by atoms with Gasteiger partial charge in [-0.25, -0.2) is 4.98 Å². The molecule has 0 aliphatic rings. The summed E-state index contributed by atoms with van der Waals surface area (Å²) in [5.74, 6) is 0.710. The van der Waals surface area contributed by atoms with E-state index in [2.05, 4.69) is 43.5 Å². The SMILES string of the molecule is Cc1cc(C(=O)NCc2nccn2CCCc2ccccc2)ns1. The van der Waals surface area contributed by atoms with Crippen molar-refractivity contribution in [1.29, 1.82) is 0 Å². The lowest BCUT2D eigenvalue weighted by Crippen LogP contribution is -2.25. The van der Waals surface area contributed by atoms with Gasteiger partial charge in [0.25, 0.3) is 5.91 Å². The van der Waals surface area contributed by atoms with Crippen LogP contribution in [0.25, 0.3) is 0 Å². The third-order valence-electron chi connectivity index (χ3n) is 3.78. The second kappa shape index (κ2) is 7.88. The highest BCUT2D eigenvalue weighted by molar-refractivity contribution is 7.05. The molecule has 3 rings (SSSR count). The first-order chi connectivity index (χ1) is 11.7. The van der Waals surface area contributed by atoms with Gasteiger partial charge < -0.3 is 9.88 Å². The molecule has 2 aromatic heterocycles. The van der Waals surface area contributed by atoms with E-state index in [0.29, 0.717) is 12.2 Å². The molecule has 1 N–H and O–H groups in total. The minimum Gasteiger partial charge on any atom is -0.343 e. The molecule has 1 amide bonds. The Balaban J connectivity index is 1.50. The maximum absolute atomic E-state index is 12.1. The lowest BCUT2D eigenvalue weighted by Gasteiger charge is -2.08. The first-order valence-corrected chi connectivity index (χ1v) is 8.75. The summed E-state index contributed by atoms with van der Waals surface area (Å²) >= 11 is 1.34. The average molecular weight is 340 g/mol. The summed E-state index contributed by atoms with van der Waals surface area (Å²) < 4.78 is 6.22. The van der Waals surface area contributed by atoms with Crippen molar-refractivity contribution in [3.05, 3.63) is 70.8 Å². The topological polar surface area (TPSA) is 59.8 Å². The molecule has 0 saturated carbocycles. The zero-order valence-electron chi connectivity index (χ0n) is 13.6. The highest BCUT2D eigenvalue weighted by Crippen LogP contribution is 2.09. The molecule has 2 heterocycles. The highest BCUT2D eigenvalue weighted by Gasteiger charge is 2.10. The van der Waals surface area contributed by atoms with E-state index in [1.165, 1.54) is 17.1 Å². The maximum Gasteiger partial charge on any atom is 0.271 e. The van der Waals surface area contributed by atoms with Crippen LogP contribution in [0.1, 0.15) is 33.2 Å². The zero-order chi connectivity index (χ0) is 16.8. The van der Waals surface area contributed by atoms with Crippen LogP contribution < -0.4 is 5.32 Å². The van der Waals surface area contributed by atoms with Crippen LogP contribution in [0.15, 0.2) is 48.8 Å². The van der Waals surface area contributed by atoms with E-state index in [1.54, 1.807) is 12.3 Å². The van der Waals surface area contributed by atoms with Crippen LogP contribution in [0.5, 0.6) is 0 Å². The molecule has 0 atom stereocenters. The van der Waals surface area contributed by atoms with Gasteiger partial charge in [-0.3, -0.25) is 4.79 Å². The molecule has 0 saturated heterocycles. The summed E-state index contributed by atoms with van der Waals surface area (Å²) in [5, 5.41) is 2.89. The fourth-order valence-electron chi connectivity index (χ4n) is 2.53. The molecule has 0 radical (unpaired) electrons. The molecule has 6 heteroatoms. The van der Waals surface area contributed by atoms with Gasteiger partial charge in [-0.05, 0) is 42.9 Å². The summed E-state index contributed by atoms with van der Waals surface area (Å²) in [6.45, 7) is 3.23. The normalized spacial score (nSPS) is 10.7. The minimum atomic E-state index is -0.154. The maximum atomic E-state index is 12.1. The van der Waals surface area contributed by atoms with Crippen LogP contribution in [0, 0.1) is 6.92 Å². The van der Waals surface area contributed by atoms with E-state index >= 15 is 0 Å². The second-order valence-electron chi connectivity index (χ2n) is 5.63. The van der Waals surface area contributed by atoms with E-state index in [9.17, 15) is 4.79 Å². The molecular weight excluding hydrogens is 320 g/mol. The summed E-state index contributed by atoms with van der Waals surface area (Å²) in [7, 11) is 0. The van der Waals surface area contributed by atoms with Crippen molar-refractivity contribution in [2.24, 2.45) is 0 Å². The molecule has 3 aromatic rings. The van der Waals surface area contributed by atoms with E-state index < -0.39 is 0 Å². The number of benzene rings is 1. The van der Waals surface area contributed by atoms with Crippen molar-refractivity contribution in [3.8, 4) is 0 Å². The number of hydrogen-bond donors (Lipinski definition) is 1. The Labute approximate surface area is 145 Å². The van der Waals surface area contributed by atoms with Gasteiger partial charge in [-0.1, -0.05) is 30.3 Å². The van der Waals surface area contributed by atoms with Crippen LogP contribution in [0.2, 0.25) is 0 Å². The summed E-state index contributed by atoms with van der Waals surface area (Å²) in [5.41, 5.74) is 1.81. The van der Waals surface area contributed by atoms with Gasteiger partial charge in [-0.2, -0.15) is 4.37 Å². The van der Waals surface area contributed by atoms with Gasteiger partial charge in [0.15, 0.2) is 0 Å². The number of rotatable bonds is 7. The Morgan fingerprint density at radius 1 is 1.29 bits per heavy atom. The Kier molecular flexibility index (Phi) is 5.38. The Bertz CT molecular complexity index is 794. The molecule has 0 bridgehead atoms. The monoisotopic (exact) mass is 340 g/mol. The molecule has 124 valence electrons. The van der Waals surface area contributed by atoms with Crippen LogP contribution >= 0.6 is 11.5 Å². The molecule has 0 aliphatic heterocycles. The van der Waals surface area contributed by atoms with Gasteiger partial charge in [0.1, 0.15) is 11.5 Å². The number of carbonyl (C=O) groups excluding carboxylic acids is 1. The minimum absolute atomic E-state index is 0.154. The van der Waals surface area contributed by atoms with Crippen molar-refractivity contribution in [2.45, 2.75) is 32.9 Å². The van der Waals surface area contributed by atoms with Gasteiger partial charge in [0, 0.05) is 23.8 Å². The van der Waals surface area contributed by atoms with Crippen LogP contribution in [-0.2, 0) is 19.5 Å². The van der Waals surface area contributed by atoms with Crippen molar-refractivity contribution in [2.75, 3.05) is 0 Å². The van der Waals surface area contributed by atoms with Crippen molar-refractivity contribution in [1.82, 2.24) is 19.2 Å². The van der Waals surface area contributed by atoms with Crippen molar-refractivity contribution < 1.29 is 4.79 Å². The Morgan fingerprint density at radius 2 is 2.12 bits per heavy atom. The lowest BCUT2D eigenvalue weighted by atomic mass is 10.1. The van der Waals surface area contributed by atoms with E-state index in [4.69, 9.17) is 0 Å². The third kappa shape index (κ3) is 4.29. The lowest BCUT2D eigenvalue weighted by molar-refractivity contribution is 0.0945. The summed E-state index contributed by atoms with van der Waals surface area (Å²) in [6.07, 6.45) is 5.80. The van der Waals surface area contributed by atoms with Gasteiger partial charge in [-0.15, -0.1) is 0 Å². The number of aryl methyl sites for hydroxylation is 3. The van der Waals surface area contributed by atoms with E-state index in [0.717, 1.165) is 30.1 Å². The largest absolute Gasteiger partial charge is 0.343 e. The number of nitrogens with zero attached hydrogens (tertiary/aromatic N) is 3. The standard InChI is InChI=1S/C18H20N4OS/c1-14-12-16(21-24-14)18(23)20-13-17-19-9-11-22(17)10-5-8-15-6-3-2-4-7-15/h2-4,6-7,9,11-12H,5,8,10,13H2,1H3,(H,20,23). The Morgan fingerprint density at radius 3 is 2.88 bits per heavy atom. The van der Waals surface area contributed by atoms with Crippen molar-refractivity contribution >= 4 is 17.4 Å². The van der Waals surface area contributed by atoms with Crippen LogP contribution in [-0.4, -0.2) is 19.8 Å². The van der Waals surface area contributed by atoms with E-state index in [1.807, 2.05) is 19.2 Å². The number of nitrogens with one attached hydrogen (secondary N) is 1. The van der Waals surface area contributed by atoms with Gasteiger partial charge in [0.2, 0.25) is 0 Å². The number of carbonyl (C=O) groups is 1. The fourth-order valence-corrected chi connectivity index (χ4v) is 3.07. The summed E-state index contributed by atoms with van der Waals surface area (Å²) in [4.78, 5) is 17.4. The molecule has 0 spiro atoms. The highest BCUT2D eigenvalue weighted by atomic mass is 32.1. The quantitative estimate of drug-likeness (QED) is 0.718. The smallest absolute Gasteiger partial charge is 0.271 e. The van der Waals surface area contributed by atoms with Crippen molar-refractivity contribution in [3.63, 3.8) is 0 Å². The molecule has 0 aliphatic carbocycles.